The van der Waals surface area contributed by atoms with Crippen molar-refractivity contribution in [1.82, 2.24) is 5.32 Å². The van der Waals surface area contributed by atoms with Gasteiger partial charge < -0.3 is 5.32 Å². The van der Waals surface area contributed by atoms with E-state index in [1.54, 1.807) is 6.07 Å². The van der Waals surface area contributed by atoms with Gasteiger partial charge in [0.15, 0.2) is 11.6 Å². The van der Waals surface area contributed by atoms with E-state index in [9.17, 15) is 13.6 Å². The molecule has 0 fully saturated rings. The first kappa shape index (κ1) is 16.8. The van der Waals surface area contributed by atoms with Crippen LogP contribution in [0.15, 0.2) is 47.4 Å². The topological polar surface area (TPSA) is 29.1 Å². The molecule has 0 aromatic heterocycles. The standard InChI is InChI=1S/C16H14ClF2NOS/c1-10(12-4-2-3-5-13(12)17)20-16(21)9-22-11-6-7-14(18)15(19)8-11/h2-8,10H,9H2,1H3,(H,20,21)/t10-/m0/s1. The van der Waals surface area contributed by atoms with E-state index in [0.29, 0.717) is 9.92 Å². The summed E-state index contributed by atoms with van der Waals surface area (Å²) in [5, 5.41) is 3.41. The molecule has 1 atom stereocenters. The van der Waals surface area contributed by atoms with Crippen LogP contribution in [0.4, 0.5) is 8.78 Å². The van der Waals surface area contributed by atoms with Gasteiger partial charge in [0.25, 0.3) is 0 Å². The third-order valence-corrected chi connectivity index (χ3v) is 4.35. The van der Waals surface area contributed by atoms with E-state index < -0.39 is 11.6 Å². The zero-order chi connectivity index (χ0) is 16.1. The minimum Gasteiger partial charge on any atom is -0.349 e. The van der Waals surface area contributed by atoms with Gasteiger partial charge in [0.05, 0.1) is 11.8 Å². The summed E-state index contributed by atoms with van der Waals surface area (Å²) in [5.74, 6) is -1.92. The predicted octanol–water partition coefficient (Wildman–Crippen LogP) is 4.59. The van der Waals surface area contributed by atoms with Gasteiger partial charge in [-0.05, 0) is 36.8 Å². The fraction of sp³-hybridized carbons (Fsp3) is 0.188. The molecule has 1 amide bonds. The molecule has 0 spiro atoms. The summed E-state index contributed by atoms with van der Waals surface area (Å²) < 4.78 is 25.9. The number of nitrogens with one attached hydrogen (secondary N) is 1. The van der Waals surface area contributed by atoms with Gasteiger partial charge in [-0.1, -0.05) is 29.8 Å². The molecule has 2 aromatic carbocycles. The van der Waals surface area contributed by atoms with Crippen molar-refractivity contribution in [2.24, 2.45) is 0 Å². The molecule has 0 unspecified atom stereocenters. The van der Waals surface area contributed by atoms with Crippen molar-refractivity contribution < 1.29 is 13.6 Å². The van der Waals surface area contributed by atoms with Crippen molar-refractivity contribution in [3.05, 3.63) is 64.7 Å². The molecule has 22 heavy (non-hydrogen) atoms. The fourth-order valence-electron chi connectivity index (χ4n) is 1.90. The fourth-order valence-corrected chi connectivity index (χ4v) is 2.93. The molecule has 6 heteroatoms. The highest BCUT2D eigenvalue weighted by Gasteiger charge is 2.12. The van der Waals surface area contributed by atoms with Gasteiger partial charge in [-0.15, -0.1) is 11.8 Å². The van der Waals surface area contributed by atoms with Gasteiger partial charge in [0.1, 0.15) is 0 Å². The Morgan fingerprint density at radius 2 is 1.95 bits per heavy atom. The Balaban J connectivity index is 1.90. The van der Waals surface area contributed by atoms with Crippen LogP contribution < -0.4 is 5.32 Å². The Labute approximate surface area is 136 Å². The predicted molar refractivity (Wildman–Crippen MR) is 85.1 cm³/mol. The average molecular weight is 342 g/mol. The van der Waals surface area contributed by atoms with Crippen molar-refractivity contribution >= 4 is 29.3 Å². The summed E-state index contributed by atoms with van der Waals surface area (Å²) in [6.07, 6.45) is 0. The van der Waals surface area contributed by atoms with Gasteiger partial charge in [0, 0.05) is 9.92 Å². The van der Waals surface area contributed by atoms with Gasteiger partial charge in [-0.2, -0.15) is 0 Å². The first-order chi connectivity index (χ1) is 10.5. The van der Waals surface area contributed by atoms with Crippen molar-refractivity contribution in [3.63, 3.8) is 0 Å². The lowest BCUT2D eigenvalue weighted by atomic mass is 10.1. The van der Waals surface area contributed by atoms with Crippen LogP contribution in [0.1, 0.15) is 18.5 Å². The quantitative estimate of drug-likeness (QED) is 0.806. The van der Waals surface area contributed by atoms with Crippen LogP contribution in [0.3, 0.4) is 0 Å². The molecule has 0 aliphatic rings. The molecule has 0 bridgehead atoms. The number of carbonyl (C=O) groups excluding carboxylic acids is 1. The van der Waals surface area contributed by atoms with E-state index in [4.69, 9.17) is 11.6 Å². The largest absolute Gasteiger partial charge is 0.349 e. The van der Waals surface area contributed by atoms with Gasteiger partial charge in [-0.25, -0.2) is 8.78 Å². The highest BCUT2D eigenvalue weighted by molar-refractivity contribution is 8.00. The van der Waals surface area contributed by atoms with E-state index in [1.165, 1.54) is 6.07 Å². The number of hydrogen-bond donors (Lipinski definition) is 1. The molecular weight excluding hydrogens is 328 g/mol. The maximum absolute atomic E-state index is 13.1. The number of benzene rings is 2. The normalized spacial score (nSPS) is 12.0. The zero-order valence-electron chi connectivity index (χ0n) is 11.8. The Bertz CT molecular complexity index is 681. The van der Waals surface area contributed by atoms with Crippen molar-refractivity contribution in [2.45, 2.75) is 17.9 Å². The van der Waals surface area contributed by atoms with Crippen LogP contribution in [0.25, 0.3) is 0 Å². The van der Waals surface area contributed by atoms with Gasteiger partial charge >= 0.3 is 0 Å². The van der Waals surface area contributed by atoms with E-state index in [1.807, 2.05) is 25.1 Å². The lowest BCUT2D eigenvalue weighted by molar-refractivity contribution is -0.119. The molecule has 2 nitrogen and oxygen atoms in total. The third-order valence-electron chi connectivity index (χ3n) is 3.01. The first-order valence-corrected chi connectivity index (χ1v) is 7.95. The zero-order valence-corrected chi connectivity index (χ0v) is 13.3. The number of rotatable bonds is 5. The second-order valence-electron chi connectivity index (χ2n) is 4.68. The summed E-state index contributed by atoms with van der Waals surface area (Å²) in [5.41, 5.74) is 0.829. The Morgan fingerprint density at radius 1 is 1.23 bits per heavy atom. The Kier molecular flexibility index (Phi) is 5.80. The van der Waals surface area contributed by atoms with Crippen LogP contribution in [-0.4, -0.2) is 11.7 Å². The number of carbonyl (C=O) groups is 1. The molecule has 0 radical (unpaired) electrons. The lowest BCUT2D eigenvalue weighted by Crippen LogP contribution is -2.28. The lowest BCUT2D eigenvalue weighted by Gasteiger charge is -2.15. The molecule has 0 aliphatic heterocycles. The van der Waals surface area contributed by atoms with Crippen molar-refractivity contribution in [2.75, 3.05) is 5.75 Å². The monoisotopic (exact) mass is 341 g/mol. The molecule has 0 aliphatic carbocycles. The summed E-state index contributed by atoms with van der Waals surface area (Å²) in [6.45, 7) is 1.83. The highest BCUT2D eigenvalue weighted by atomic mass is 35.5. The number of thioether (sulfide) groups is 1. The summed E-state index contributed by atoms with van der Waals surface area (Å²) in [6, 6.07) is 10.6. The molecule has 116 valence electrons. The Morgan fingerprint density at radius 3 is 2.64 bits per heavy atom. The van der Waals surface area contributed by atoms with Crippen LogP contribution in [0, 0.1) is 11.6 Å². The molecule has 2 aromatic rings. The molecular formula is C16H14ClF2NOS. The van der Waals surface area contributed by atoms with Crippen molar-refractivity contribution in [1.29, 1.82) is 0 Å². The smallest absolute Gasteiger partial charge is 0.230 e. The molecule has 0 heterocycles. The Hall–Kier alpha value is -1.59. The van der Waals surface area contributed by atoms with Crippen LogP contribution in [0.2, 0.25) is 5.02 Å². The van der Waals surface area contributed by atoms with Crippen LogP contribution in [0.5, 0.6) is 0 Å². The average Bonchev–Trinajstić information content (AvgIpc) is 2.49. The third kappa shape index (κ3) is 4.45. The highest BCUT2D eigenvalue weighted by Crippen LogP contribution is 2.23. The minimum absolute atomic E-state index is 0.111. The molecule has 0 saturated carbocycles. The molecule has 2 rings (SSSR count). The molecule has 1 N–H and O–H groups in total. The number of amides is 1. The van der Waals surface area contributed by atoms with Crippen molar-refractivity contribution in [3.8, 4) is 0 Å². The second kappa shape index (κ2) is 7.61. The van der Waals surface area contributed by atoms with E-state index in [2.05, 4.69) is 5.32 Å². The number of halogens is 3. The van der Waals surface area contributed by atoms with Crippen LogP contribution in [-0.2, 0) is 4.79 Å². The van der Waals surface area contributed by atoms with Crippen LogP contribution >= 0.6 is 23.4 Å². The van der Waals surface area contributed by atoms with E-state index in [-0.39, 0.29) is 17.7 Å². The van der Waals surface area contributed by atoms with E-state index in [0.717, 1.165) is 29.5 Å². The summed E-state index contributed by atoms with van der Waals surface area (Å²) in [7, 11) is 0. The summed E-state index contributed by atoms with van der Waals surface area (Å²) in [4.78, 5) is 12.4. The first-order valence-electron chi connectivity index (χ1n) is 6.59. The summed E-state index contributed by atoms with van der Waals surface area (Å²) >= 11 is 7.22. The SMILES string of the molecule is C[C@H](NC(=O)CSc1ccc(F)c(F)c1)c1ccccc1Cl. The maximum Gasteiger partial charge on any atom is 0.230 e. The van der Waals surface area contributed by atoms with Gasteiger partial charge in [0.2, 0.25) is 5.91 Å². The van der Waals surface area contributed by atoms with Gasteiger partial charge in [-0.3, -0.25) is 4.79 Å². The van der Waals surface area contributed by atoms with E-state index >= 15 is 0 Å². The second-order valence-corrected chi connectivity index (χ2v) is 6.13. The maximum atomic E-state index is 13.1. The molecule has 0 saturated heterocycles. The number of hydrogen-bond acceptors (Lipinski definition) is 2. The minimum atomic E-state index is -0.921.